The van der Waals surface area contributed by atoms with Gasteiger partial charge in [-0.2, -0.15) is 0 Å². The number of carbonyl (C=O) groups excluding carboxylic acids is 1. The first-order chi connectivity index (χ1) is 11.4. The van der Waals surface area contributed by atoms with Crippen LogP contribution in [0.3, 0.4) is 0 Å². The molecule has 132 valence electrons. The number of hydrogen-bond acceptors (Lipinski definition) is 4. The zero-order valence-corrected chi connectivity index (χ0v) is 14.8. The second kappa shape index (κ2) is 6.72. The lowest BCUT2D eigenvalue weighted by molar-refractivity contribution is 0.256. The minimum Gasteiger partial charge on any atom is -0.328 e. The monoisotopic (exact) mass is 351 g/mol. The van der Waals surface area contributed by atoms with Crippen LogP contribution in [-0.2, 0) is 35.7 Å². The van der Waals surface area contributed by atoms with Crippen LogP contribution in [0.1, 0.15) is 48.4 Å². The standard InChI is InChI=1S/C17H25N3O3S/c1-11(18)8-9-24(22,23)20-17(21)19-16-14-6-2-4-12(14)10-13-5-3-7-15(13)16/h10-11H,2-9,18H2,1H3,(H2,19,20,21). The van der Waals surface area contributed by atoms with Crippen LogP contribution in [0.4, 0.5) is 10.5 Å². The van der Waals surface area contributed by atoms with Gasteiger partial charge in [0.2, 0.25) is 10.0 Å². The number of sulfonamides is 1. The molecule has 1 aromatic carbocycles. The minimum atomic E-state index is -3.67. The van der Waals surface area contributed by atoms with Crippen molar-refractivity contribution in [1.29, 1.82) is 0 Å². The molecular weight excluding hydrogens is 326 g/mol. The summed E-state index contributed by atoms with van der Waals surface area (Å²) < 4.78 is 26.1. The number of aryl methyl sites for hydroxylation is 2. The lowest BCUT2D eigenvalue weighted by Crippen LogP contribution is -2.37. The van der Waals surface area contributed by atoms with Gasteiger partial charge in [0.1, 0.15) is 0 Å². The molecule has 3 rings (SSSR count). The van der Waals surface area contributed by atoms with Crippen LogP contribution in [0.15, 0.2) is 6.07 Å². The van der Waals surface area contributed by atoms with Gasteiger partial charge in [-0.25, -0.2) is 17.9 Å². The summed E-state index contributed by atoms with van der Waals surface area (Å²) in [5, 5.41) is 2.83. The van der Waals surface area contributed by atoms with Gasteiger partial charge >= 0.3 is 6.03 Å². The largest absolute Gasteiger partial charge is 0.332 e. The number of benzene rings is 1. The highest BCUT2D eigenvalue weighted by atomic mass is 32.2. The van der Waals surface area contributed by atoms with Crippen molar-refractivity contribution in [3.05, 3.63) is 28.3 Å². The molecule has 1 atom stereocenters. The summed E-state index contributed by atoms with van der Waals surface area (Å²) in [6.07, 6.45) is 6.43. The quantitative estimate of drug-likeness (QED) is 0.753. The predicted molar refractivity (Wildman–Crippen MR) is 94.7 cm³/mol. The fourth-order valence-corrected chi connectivity index (χ4v) is 4.76. The first-order valence-corrected chi connectivity index (χ1v) is 10.2. The average molecular weight is 351 g/mol. The third kappa shape index (κ3) is 3.72. The zero-order valence-electron chi connectivity index (χ0n) is 14.0. The molecule has 6 nitrogen and oxygen atoms in total. The predicted octanol–water partition coefficient (Wildman–Crippen LogP) is 1.85. The van der Waals surface area contributed by atoms with Crippen molar-refractivity contribution >= 4 is 21.7 Å². The van der Waals surface area contributed by atoms with E-state index in [1.807, 2.05) is 0 Å². The van der Waals surface area contributed by atoms with Gasteiger partial charge in [-0.05, 0) is 74.1 Å². The van der Waals surface area contributed by atoms with Crippen LogP contribution in [0.25, 0.3) is 0 Å². The Morgan fingerprint density at radius 3 is 2.29 bits per heavy atom. The van der Waals surface area contributed by atoms with Gasteiger partial charge in [-0.15, -0.1) is 0 Å². The van der Waals surface area contributed by atoms with Gasteiger partial charge in [0.15, 0.2) is 0 Å². The zero-order chi connectivity index (χ0) is 17.3. The van der Waals surface area contributed by atoms with E-state index in [4.69, 9.17) is 5.73 Å². The molecule has 2 amide bonds. The van der Waals surface area contributed by atoms with Crippen LogP contribution in [-0.4, -0.2) is 26.2 Å². The molecule has 0 aromatic heterocycles. The van der Waals surface area contributed by atoms with E-state index in [-0.39, 0.29) is 11.8 Å². The van der Waals surface area contributed by atoms with Crippen molar-refractivity contribution in [3.8, 4) is 0 Å². The lowest BCUT2D eigenvalue weighted by Gasteiger charge is -2.16. The SMILES string of the molecule is CC(N)CCS(=O)(=O)NC(=O)Nc1c2c(cc3c1CCC3)CCC2. The summed E-state index contributed by atoms with van der Waals surface area (Å²) >= 11 is 0. The van der Waals surface area contributed by atoms with Crippen LogP contribution in [0.5, 0.6) is 0 Å². The molecule has 0 saturated heterocycles. The Morgan fingerprint density at radius 1 is 1.17 bits per heavy atom. The van der Waals surface area contributed by atoms with Crippen LogP contribution < -0.4 is 15.8 Å². The molecule has 0 fully saturated rings. The highest BCUT2D eigenvalue weighted by Crippen LogP contribution is 2.38. The van der Waals surface area contributed by atoms with E-state index in [9.17, 15) is 13.2 Å². The number of nitrogens with two attached hydrogens (primary N) is 1. The van der Waals surface area contributed by atoms with E-state index in [0.29, 0.717) is 6.42 Å². The number of urea groups is 1. The highest BCUT2D eigenvalue weighted by molar-refractivity contribution is 7.90. The smallest absolute Gasteiger partial charge is 0.328 e. The third-order valence-corrected chi connectivity index (χ3v) is 6.07. The Bertz CT molecular complexity index is 725. The first-order valence-electron chi connectivity index (χ1n) is 8.59. The Labute approximate surface area is 143 Å². The van der Waals surface area contributed by atoms with Crippen molar-refractivity contribution in [2.24, 2.45) is 5.73 Å². The maximum absolute atomic E-state index is 12.2. The number of nitrogens with one attached hydrogen (secondary N) is 2. The van der Waals surface area contributed by atoms with Crippen molar-refractivity contribution in [2.45, 2.75) is 57.9 Å². The highest BCUT2D eigenvalue weighted by Gasteiger charge is 2.25. The van der Waals surface area contributed by atoms with Gasteiger partial charge in [0.05, 0.1) is 5.75 Å². The first kappa shape index (κ1) is 17.2. The minimum absolute atomic E-state index is 0.150. The van der Waals surface area contributed by atoms with Gasteiger partial charge in [0.25, 0.3) is 0 Å². The number of fused-ring (bicyclic) bond motifs is 2. The maximum Gasteiger partial charge on any atom is 0.332 e. The summed E-state index contributed by atoms with van der Waals surface area (Å²) in [6, 6.07) is 1.38. The third-order valence-electron chi connectivity index (χ3n) is 4.80. The van der Waals surface area contributed by atoms with Crippen molar-refractivity contribution in [1.82, 2.24) is 4.72 Å². The number of amides is 2. The average Bonchev–Trinajstić information content (AvgIpc) is 3.13. The summed E-state index contributed by atoms with van der Waals surface area (Å²) in [5.74, 6) is -0.150. The maximum atomic E-state index is 12.2. The van der Waals surface area contributed by atoms with Gasteiger partial charge in [0, 0.05) is 11.7 Å². The summed E-state index contributed by atoms with van der Waals surface area (Å²) in [6.45, 7) is 1.74. The molecule has 24 heavy (non-hydrogen) atoms. The molecule has 0 saturated carbocycles. The second-order valence-corrected chi connectivity index (χ2v) is 8.72. The summed E-state index contributed by atoms with van der Waals surface area (Å²) in [7, 11) is -3.67. The fraction of sp³-hybridized carbons (Fsp3) is 0.588. The molecule has 1 unspecified atom stereocenters. The van der Waals surface area contributed by atoms with E-state index in [0.717, 1.165) is 44.2 Å². The summed E-state index contributed by atoms with van der Waals surface area (Å²) in [4.78, 5) is 12.2. The van der Waals surface area contributed by atoms with E-state index in [1.165, 1.54) is 22.3 Å². The molecular formula is C17H25N3O3S. The van der Waals surface area contributed by atoms with Crippen LogP contribution in [0.2, 0.25) is 0 Å². The van der Waals surface area contributed by atoms with Gasteiger partial charge < -0.3 is 11.1 Å². The van der Waals surface area contributed by atoms with Gasteiger partial charge in [-0.1, -0.05) is 6.07 Å². The summed E-state index contributed by atoms with van der Waals surface area (Å²) in [5.41, 5.74) is 11.4. The van der Waals surface area contributed by atoms with E-state index >= 15 is 0 Å². The topological polar surface area (TPSA) is 101 Å². The van der Waals surface area contributed by atoms with Crippen LogP contribution in [0, 0.1) is 0 Å². The van der Waals surface area contributed by atoms with E-state index < -0.39 is 16.1 Å². The molecule has 0 heterocycles. The molecule has 1 aromatic rings. The molecule has 2 aliphatic carbocycles. The van der Waals surface area contributed by atoms with Gasteiger partial charge in [-0.3, -0.25) is 0 Å². The number of anilines is 1. The normalized spacial score (nSPS) is 17.2. The molecule has 0 spiro atoms. The number of rotatable bonds is 5. The molecule has 0 radical (unpaired) electrons. The van der Waals surface area contributed by atoms with E-state index in [2.05, 4.69) is 16.1 Å². The Morgan fingerprint density at radius 2 is 1.75 bits per heavy atom. The molecule has 7 heteroatoms. The Balaban J connectivity index is 1.76. The Kier molecular flexibility index (Phi) is 4.83. The van der Waals surface area contributed by atoms with Crippen molar-refractivity contribution in [2.75, 3.05) is 11.1 Å². The molecule has 0 aliphatic heterocycles. The van der Waals surface area contributed by atoms with Crippen molar-refractivity contribution in [3.63, 3.8) is 0 Å². The number of hydrogen-bond donors (Lipinski definition) is 3. The molecule has 2 aliphatic rings. The van der Waals surface area contributed by atoms with Crippen molar-refractivity contribution < 1.29 is 13.2 Å². The van der Waals surface area contributed by atoms with E-state index in [1.54, 1.807) is 6.92 Å². The second-order valence-electron chi connectivity index (χ2n) is 6.88. The van der Waals surface area contributed by atoms with Crippen LogP contribution >= 0.6 is 0 Å². The molecule has 4 N–H and O–H groups in total. The lowest BCUT2D eigenvalue weighted by atomic mass is 9.99. The number of carbonyl (C=O) groups is 1. The molecule has 0 bridgehead atoms. The fourth-order valence-electron chi connectivity index (χ4n) is 3.64. The Hall–Kier alpha value is -1.60.